The Kier molecular flexibility index (Phi) is 10.8. The molecular formula is C43H47ClFN9O6. The quantitative estimate of drug-likeness (QED) is 0.294. The van der Waals surface area contributed by atoms with E-state index >= 15 is 4.39 Å². The Labute approximate surface area is 352 Å². The molecule has 5 aliphatic rings. The SMILES string of the molecule is CC1(C)C(NC(=O)c2ccc(N3CCC(CN4CCN(c5ccc6c(c5F)C(=O)N(C5CCC(=O)NC5=O)C6=O)CC4)CC3)nn2)C(C)(C)C1Oc1ccc(C#N)c(Cl)c1. The highest BCUT2D eigenvalue weighted by Crippen LogP contribution is 2.55. The number of hydrogen-bond acceptors (Lipinski definition) is 12. The number of carbonyl (C=O) groups excluding carboxylic acids is 5. The molecular weight excluding hydrogens is 793 g/mol. The van der Waals surface area contributed by atoms with Gasteiger partial charge in [0.25, 0.3) is 17.7 Å². The number of nitriles is 1. The molecule has 2 N–H and O–H groups in total. The second-order valence-electron chi connectivity index (χ2n) is 17.6. The van der Waals surface area contributed by atoms with Crippen LogP contribution in [-0.2, 0) is 9.59 Å². The zero-order valence-electron chi connectivity index (χ0n) is 34.0. The first kappa shape index (κ1) is 41.1. The Morgan fingerprint density at radius 2 is 1.65 bits per heavy atom. The van der Waals surface area contributed by atoms with Crippen LogP contribution in [0.2, 0.25) is 5.02 Å². The zero-order valence-corrected chi connectivity index (χ0v) is 34.7. The number of rotatable bonds is 9. The predicted octanol–water partition coefficient (Wildman–Crippen LogP) is 4.19. The summed E-state index contributed by atoms with van der Waals surface area (Å²) in [5, 5.41) is 23.6. The van der Waals surface area contributed by atoms with E-state index in [2.05, 4.69) is 36.7 Å². The first-order valence-electron chi connectivity index (χ1n) is 20.4. The van der Waals surface area contributed by atoms with Crippen LogP contribution in [0, 0.1) is 33.9 Å². The van der Waals surface area contributed by atoms with Crippen LogP contribution in [-0.4, -0.2) is 114 Å². The zero-order chi connectivity index (χ0) is 42.7. The number of hydrogen-bond donors (Lipinski definition) is 2. The number of ether oxygens (including phenoxy) is 1. The van der Waals surface area contributed by atoms with Crippen LogP contribution >= 0.6 is 11.6 Å². The van der Waals surface area contributed by atoms with Gasteiger partial charge in [-0.2, -0.15) is 5.26 Å². The summed E-state index contributed by atoms with van der Waals surface area (Å²) in [6, 6.07) is 12.2. The van der Waals surface area contributed by atoms with Crippen molar-refractivity contribution in [3.05, 3.63) is 75.7 Å². The number of anilines is 2. The molecule has 1 saturated carbocycles. The maximum absolute atomic E-state index is 16.0. The average molecular weight is 840 g/mol. The van der Waals surface area contributed by atoms with E-state index in [1.54, 1.807) is 24.3 Å². The second kappa shape index (κ2) is 15.7. The molecule has 4 fully saturated rings. The van der Waals surface area contributed by atoms with E-state index in [1.807, 2.05) is 38.7 Å². The van der Waals surface area contributed by atoms with Gasteiger partial charge in [-0.3, -0.25) is 39.1 Å². The van der Waals surface area contributed by atoms with Gasteiger partial charge in [0.05, 0.1) is 27.4 Å². The number of nitrogens with zero attached hydrogens (tertiary/aromatic N) is 7. The van der Waals surface area contributed by atoms with Gasteiger partial charge in [-0.05, 0) is 61.6 Å². The lowest BCUT2D eigenvalue weighted by atomic mass is 9.49. The summed E-state index contributed by atoms with van der Waals surface area (Å²) in [7, 11) is 0. The molecule has 5 heterocycles. The minimum Gasteiger partial charge on any atom is -0.489 e. The molecule has 3 saturated heterocycles. The van der Waals surface area contributed by atoms with Crippen LogP contribution < -0.4 is 25.2 Å². The van der Waals surface area contributed by atoms with Crippen molar-refractivity contribution in [2.24, 2.45) is 16.7 Å². The molecule has 8 rings (SSSR count). The van der Waals surface area contributed by atoms with Gasteiger partial charge in [-0.15, -0.1) is 10.2 Å². The van der Waals surface area contributed by atoms with Crippen LogP contribution in [0.3, 0.4) is 0 Å². The Hall–Kier alpha value is -5.66. The maximum Gasteiger partial charge on any atom is 0.272 e. The van der Waals surface area contributed by atoms with Gasteiger partial charge in [-0.25, -0.2) is 4.39 Å². The fourth-order valence-electron chi connectivity index (χ4n) is 10.0. The van der Waals surface area contributed by atoms with E-state index in [0.29, 0.717) is 54.3 Å². The number of benzene rings is 2. The highest BCUT2D eigenvalue weighted by atomic mass is 35.5. The van der Waals surface area contributed by atoms with Crippen molar-refractivity contribution in [2.45, 2.75) is 71.6 Å². The van der Waals surface area contributed by atoms with Gasteiger partial charge in [0.1, 0.15) is 24.0 Å². The lowest BCUT2D eigenvalue weighted by Crippen LogP contribution is -2.74. The van der Waals surface area contributed by atoms with Crippen LogP contribution in [0.1, 0.15) is 90.1 Å². The summed E-state index contributed by atoms with van der Waals surface area (Å²) in [4.78, 5) is 71.1. The Morgan fingerprint density at radius 3 is 2.28 bits per heavy atom. The third-order valence-corrected chi connectivity index (χ3v) is 13.3. The van der Waals surface area contributed by atoms with Crippen LogP contribution in [0.4, 0.5) is 15.9 Å². The summed E-state index contributed by atoms with van der Waals surface area (Å²) in [6.07, 6.45) is 1.67. The Balaban J connectivity index is 0.800. The van der Waals surface area contributed by atoms with Crippen molar-refractivity contribution >= 4 is 52.6 Å². The van der Waals surface area contributed by atoms with Gasteiger partial charge in [-0.1, -0.05) is 39.3 Å². The number of amides is 5. The summed E-state index contributed by atoms with van der Waals surface area (Å²) in [6.45, 7) is 13.2. The van der Waals surface area contributed by atoms with E-state index < -0.39 is 46.3 Å². The van der Waals surface area contributed by atoms with Crippen molar-refractivity contribution in [1.29, 1.82) is 5.26 Å². The topological polar surface area (TPSA) is 181 Å². The highest BCUT2D eigenvalue weighted by molar-refractivity contribution is 6.31. The average Bonchev–Trinajstić information content (AvgIpc) is 3.48. The summed E-state index contributed by atoms with van der Waals surface area (Å²) < 4.78 is 22.3. The largest absolute Gasteiger partial charge is 0.489 e. The van der Waals surface area contributed by atoms with Gasteiger partial charge < -0.3 is 19.9 Å². The number of fused-ring (bicyclic) bond motifs is 1. The summed E-state index contributed by atoms with van der Waals surface area (Å²) in [5.74, 6) is -2.13. The van der Waals surface area contributed by atoms with Crippen molar-refractivity contribution < 1.29 is 33.1 Å². The van der Waals surface area contributed by atoms with E-state index in [4.69, 9.17) is 16.3 Å². The molecule has 15 nitrogen and oxygen atoms in total. The first-order valence-corrected chi connectivity index (χ1v) is 20.7. The molecule has 2 aromatic carbocycles. The Bertz CT molecular complexity index is 2280. The van der Waals surface area contributed by atoms with Gasteiger partial charge >= 0.3 is 0 Å². The van der Waals surface area contributed by atoms with Crippen LogP contribution in [0.5, 0.6) is 5.75 Å². The minimum atomic E-state index is -1.15. The normalized spacial score (nSPS) is 24.1. The van der Waals surface area contributed by atoms with Crippen molar-refractivity contribution in [3.63, 3.8) is 0 Å². The molecule has 17 heteroatoms. The second-order valence-corrected chi connectivity index (χ2v) is 18.0. The molecule has 60 heavy (non-hydrogen) atoms. The monoisotopic (exact) mass is 839 g/mol. The molecule has 5 amide bonds. The smallest absolute Gasteiger partial charge is 0.272 e. The molecule has 0 radical (unpaired) electrons. The first-order chi connectivity index (χ1) is 28.6. The molecule has 1 aromatic heterocycles. The minimum absolute atomic E-state index is 0.00518. The summed E-state index contributed by atoms with van der Waals surface area (Å²) >= 11 is 6.23. The molecule has 314 valence electrons. The van der Waals surface area contributed by atoms with Crippen LogP contribution in [0.15, 0.2) is 42.5 Å². The standard InChI is InChI=1S/C43H47ClFN9O6/c1-42(2)40(43(3,4)41(42)60-26-6-5-25(22-46)28(44)21-26)48-36(56)29-8-11-32(50-49-29)53-15-13-24(14-16-53)23-51-17-19-52(20-18-51)30-9-7-27-34(35(30)45)39(59)54(38(27)58)31-10-12-33(55)47-37(31)57/h5-9,11,21,24,31,40-41H,10,12-20,23H2,1-4H3,(H,48,56)(H,47,55,57). The Morgan fingerprint density at radius 1 is 0.933 bits per heavy atom. The highest BCUT2D eigenvalue weighted by Gasteiger charge is 2.64. The third-order valence-electron chi connectivity index (χ3n) is 13.0. The number of piperazine rings is 1. The number of aromatic nitrogens is 2. The van der Waals surface area contributed by atoms with Gasteiger partial charge in [0.2, 0.25) is 11.8 Å². The van der Waals surface area contributed by atoms with Crippen LogP contribution in [0.25, 0.3) is 0 Å². The molecule has 1 atom stereocenters. The number of piperidine rings is 2. The predicted molar refractivity (Wildman–Crippen MR) is 218 cm³/mol. The van der Waals surface area contributed by atoms with Gasteiger partial charge in [0, 0.05) is 75.2 Å². The molecule has 0 bridgehead atoms. The molecule has 4 aliphatic heterocycles. The fourth-order valence-corrected chi connectivity index (χ4v) is 10.3. The molecule has 0 spiro atoms. The van der Waals surface area contributed by atoms with Gasteiger partial charge in [0.15, 0.2) is 17.3 Å². The third kappa shape index (κ3) is 7.31. The number of halogens is 2. The van der Waals surface area contributed by atoms with Crippen molar-refractivity contribution in [2.75, 3.05) is 55.6 Å². The van der Waals surface area contributed by atoms with E-state index in [-0.39, 0.29) is 53.4 Å². The maximum atomic E-state index is 16.0. The van der Waals surface area contributed by atoms with Crippen molar-refractivity contribution in [1.82, 2.24) is 30.6 Å². The van der Waals surface area contributed by atoms with Crippen molar-refractivity contribution in [3.8, 4) is 11.8 Å². The lowest BCUT2D eigenvalue weighted by Gasteiger charge is -2.63. The molecule has 1 unspecified atom stereocenters. The molecule has 3 aromatic rings. The molecule has 1 aliphatic carbocycles. The summed E-state index contributed by atoms with van der Waals surface area (Å²) in [5.41, 5.74) is -0.372. The number of imide groups is 2. The number of nitrogens with one attached hydrogen (secondary N) is 2. The lowest BCUT2D eigenvalue weighted by molar-refractivity contribution is -0.164. The fraction of sp³-hybridized carbons (Fsp3) is 0.488. The van der Waals surface area contributed by atoms with E-state index in [9.17, 15) is 29.2 Å². The number of carbonyl (C=O) groups is 5. The van der Waals surface area contributed by atoms with E-state index in [0.717, 1.165) is 37.4 Å². The van der Waals surface area contributed by atoms with E-state index in [1.165, 1.54) is 12.1 Å².